The fourth-order valence-corrected chi connectivity index (χ4v) is 3.77. The van der Waals surface area contributed by atoms with Crippen LogP contribution in [0.3, 0.4) is 0 Å². The molecule has 6 heteroatoms. The van der Waals surface area contributed by atoms with Crippen LogP contribution in [0, 0.1) is 0 Å². The molecule has 1 aromatic heterocycles. The molecule has 3 nitrogen and oxygen atoms in total. The standard InChI is InChI=1S/C19H16Cl2N2OS/c20-14-8-4-9-15(18(14)21)23-17(24)12-22-19(16-10-5-11-25-16)13-6-2-1-3-7-13/h1-11,19,22H,12H2,(H,23,24)/p+1/t19-/m0/s1. The number of carbonyl (C=O) groups is 1. The van der Waals surface area contributed by atoms with Crippen LogP contribution in [-0.4, -0.2) is 12.5 Å². The lowest BCUT2D eigenvalue weighted by Crippen LogP contribution is -2.87. The van der Waals surface area contributed by atoms with Crippen molar-refractivity contribution in [2.45, 2.75) is 6.04 Å². The van der Waals surface area contributed by atoms with E-state index in [2.05, 4.69) is 23.5 Å². The highest BCUT2D eigenvalue weighted by Gasteiger charge is 2.20. The molecule has 0 fully saturated rings. The molecular formula is C19H17Cl2N2OS+. The Morgan fingerprint density at radius 2 is 1.84 bits per heavy atom. The predicted octanol–water partition coefficient (Wildman–Crippen LogP) is 4.35. The van der Waals surface area contributed by atoms with Gasteiger partial charge < -0.3 is 10.6 Å². The van der Waals surface area contributed by atoms with E-state index in [1.54, 1.807) is 29.5 Å². The quantitative estimate of drug-likeness (QED) is 0.644. The molecule has 3 N–H and O–H groups in total. The molecule has 0 aliphatic carbocycles. The molecule has 0 unspecified atom stereocenters. The minimum absolute atomic E-state index is 0.0850. The van der Waals surface area contributed by atoms with Crippen molar-refractivity contribution in [3.8, 4) is 0 Å². The van der Waals surface area contributed by atoms with Gasteiger partial charge in [0.1, 0.15) is 6.04 Å². The molecule has 0 bridgehead atoms. The van der Waals surface area contributed by atoms with Gasteiger partial charge in [0.25, 0.3) is 5.91 Å². The van der Waals surface area contributed by atoms with Gasteiger partial charge in [0.05, 0.1) is 20.6 Å². The van der Waals surface area contributed by atoms with E-state index in [0.29, 0.717) is 15.7 Å². The van der Waals surface area contributed by atoms with E-state index < -0.39 is 0 Å². The number of nitrogens with one attached hydrogen (secondary N) is 1. The highest BCUT2D eigenvalue weighted by atomic mass is 35.5. The van der Waals surface area contributed by atoms with Crippen LogP contribution in [0.5, 0.6) is 0 Å². The largest absolute Gasteiger partial charge is 0.328 e. The van der Waals surface area contributed by atoms with Crippen LogP contribution in [0.4, 0.5) is 5.69 Å². The summed E-state index contributed by atoms with van der Waals surface area (Å²) >= 11 is 13.8. The van der Waals surface area contributed by atoms with Gasteiger partial charge in [-0.25, -0.2) is 0 Å². The maximum absolute atomic E-state index is 12.3. The summed E-state index contributed by atoms with van der Waals surface area (Å²) in [5.41, 5.74) is 1.69. The molecule has 128 valence electrons. The van der Waals surface area contributed by atoms with E-state index in [1.165, 1.54) is 10.4 Å². The Balaban J connectivity index is 1.69. The molecular weight excluding hydrogens is 375 g/mol. The van der Waals surface area contributed by atoms with Gasteiger partial charge in [-0.2, -0.15) is 0 Å². The summed E-state index contributed by atoms with van der Waals surface area (Å²) in [6.07, 6.45) is 0. The van der Waals surface area contributed by atoms with E-state index in [1.807, 2.05) is 35.0 Å². The highest BCUT2D eigenvalue weighted by Crippen LogP contribution is 2.29. The maximum Gasteiger partial charge on any atom is 0.279 e. The lowest BCUT2D eigenvalue weighted by molar-refractivity contribution is -0.675. The van der Waals surface area contributed by atoms with Crippen molar-refractivity contribution < 1.29 is 10.1 Å². The predicted molar refractivity (Wildman–Crippen MR) is 104 cm³/mol. The topological polar surface area (TPSA) is 45.7 Å². The molecule has 3 rings (SSSR count). The Labute approximate surface area is 160 Å². The zero-order chi connectivity index (χ0) is 17.6. The van der Waals surface area contributed by atoms with E-state index in [-0.39, 0.29) is 18.5 Å². The minimum Gasteiger partial charge on any atom is -0.328 e. The van der Waals surface area contributed by atoms with Crippen molar-refractivity contribution in [3.05, 3.63) is 86.5 Å². The molecule has 0 saturated heterocycles. The van der Waals surface area contributed by atoms with Crippen LogP contribution in [0.25, 0.3) is 0 Å². The monoisotopic (exact) mass is 391 g/mol. The summed E-state index contributed by atoms with van der Waals surface area (Å²) in [5, 5.41) is 7.67. The van der Waals surface area contributed by atoms with Crippen LogP contribution in [-0.2, 0) is 4.79 Å². The summed E-state index contributed by atoms with van der Waals surface area (Å²) < 4.78 is 0. The lowest BCUT2D eigenvalue weighted by atomic mass is 10.1. The first-order valence-electron chi connectivity index (χ1n) is 7.80. The number of benzene rings is 2. The van der Waals surface area contributed by atoms with Gasteiger partial charge in [-0.05, 0) is 23.6 Å². The van der Waals surface area contributed by atoms with Crippen molar-refractivity contribution in [1.82, 2.24) is 0 Å². The SMILES string of the molecule is O=C(C[NH2+][C@@H](c1ccccc1)c1cccs1)Nc1cccc(Cl)c1Cl. The van der Waals surface area contributed by atoms with E-state index >= 15 is 0 Å². The van der Waals surface area contributed by atoms with Gasteiger partial charge in [-0.3, -0.25) is 4.79 Å². The number of amides is 1. The second-order valence-corrected chi connectivity index (χ2v) is 7.26. The Bertz CT molecular complexity index is 838. The molecule has 0 saturated carbocycles. The Kier molecular flexibility index (Phi) is 6.10. The third kappa shape index (κ3) is 4.61. The molecule has 0 aliphatic heterocycles. The van der Waals surface area contributed by atoms with Gasteiger partial charge in [0, 0.05) is 5.56 Å². The summed E-state index contributed by atoms with van der Waals surface area (Å²) in [6.45, 7) is 0.278. The van der Waals surface area contributed by atoms with Gasteiger partial charge in [-0.15, -0.1) is 11.3 Å². The Morgan fingerprint density at radius 1 is 1.04 bits per heavy atom. The number of anilines is 1. The van der Waals surface area contributed by atoms with Crippen molar-refractivity contribution in [2.75, 3.05) is 11.9 Å². The molecule has 0 radical (unpaired) electrons. The van der Waals surface area contributed by atoms with Crippen molar-refractivity contribution >= 4 is 46.1 Å². The third-order valence-electron chi connectivity index (χ3n) is 3.77. The number of nitrogens with two attached hydrogens (primary N) is 1. The molecule has 2 aromatic carbocycles. The summed E-state index contributed by atoms with van der Waals surface area (Å²) in [7, 11) is 0. The van der Waals surface area contributed by atoms with Gasteiger partial charge >= 0.3 is 0 Å². The van der Waals surface area contributed by atoms with Crippen LogP contribution < -0.4 is 10.6 Å². The van der Waals surface area contributed by atoms with Gasteiger partial charge in [0.2, 0.25) is 0 Å². The minimum atomic E-state index is -0.123. The second-order valence-electron chi connectivity index (χ2n) is 5.49. The lowest BCUT2D eigenvalue weighted by Gasteiger charge is -2.15. The highest BCUT2D eigenvalue weighted by molar-refractivity contribution is 7.10. The van der Waals surface area contributed by atoms with E-state index in [0.717, 1.165) is 0 Å². The fraction of sp³-hybridized carbons (Fsp3) is 0.105. The van der Waals surface area contributed by atoms with Crippen molar-refractivity contribution in [2.24, 2.45) is 0 Å². The first-order valence-corrected chi connectivity index (χ1v) is 9.44. The first kappa shape index (κ1) is 18.0. The molecule has 3 aromatic rings. The van der Waals surface area contributed by atoms with Gasteiger partial charge in [0.15, 0.2) is 6.54 Å². The number of carbonyl (C=O) groups excluding carboxylic acids is 1. The molecule has 0 aliphatic rings. The van der Waals surface area contributed by atoms with E-state index in [9.17, 15) is 4.79 Å². The summed E-state index contributed by atoms with van der Waals surface area (Å²) in [5.74, 6) is -0.123. The zero-order valence-corrected chi connectivity index (χ0v) is 15.6. The number of rotatable bonds is 6. The smallest absolute Gasteiger partial charge is 0.279 e. The maximum atomic E-state index is 12.3. The van der Waals surface area contributed by atoms with Crippen LogP contribution in [0.15, 0.2) is 66.0 Å². The van der Waals surface area contributed by atoms with Crippen LogP contribution in [0.1, 0.15) is 16.5 Å². The summed E-state index contributed by atoms with van der Waals surface area (Å²) in [4.78, 5) is 13.5. The number of hydrogen-bond acceptors (Lipinski definition) is 2. The van der Waals surface area contributed by atoms with Crippen molar-refractivity contribution in [1.29, 1.82) is 0 Å². The summed E-state index contributed by atoms with van der Waals surface area (Å²) in [6, 6.07) is 19.5. The van der Waals surface area contributed by atoms with Crippen LogP contribution >= 0.6 is 34.5 Å². The molecule has 1 heterocycles. The molecule has 25 heavy (non-hydrogen) atoms. The van der Waals surface area contributed by atoms with Crippen LogP contribution in [0.2, 0.25) is 10.0 Å². The number of quaternary nitrogens is 1. The molecule has 0 spiro atoms. The average molecular weight is 392 g/mol. The fourth-order valence-electron chi connectivity index (χ4n) is 2.57. The average Bonchev–Trinajstić information content (AvgIpc) is 3.14. The molecule has 1 atom stereocenters. The van der Waals surface area contributed by atoms with Gasteiger partial charge in [-0.1, -0.05) is 65.7 Å². The first-order chi connectivity index (χ1) is 12.1. The second kappa shape index (κ2) is 8.50. The van der Waals surface area contributed by atoms with E-state index in [4.69, 9.17) is 23.2 Å². The third-order valence-corrected chi connectivity index (χ3v) is 5.55. The Morgan fingerprint density at radius 3 is 2.56 bits per heavy atom. The normalized spacial score (nSPS) is 11.9. The van der Waals surface area contributed by atoms with Crippen molar-refractivity contribution in [3.63, 3.8) is 0 Å². The zero-order valence-electron chi connectivity index (χ0n) is 13.3. The Hall–Kier alpha value is -1.85. The number of thiophene rings is 1. The number of hydrogen-bond donors (Lipinski definition) is 2. The molecule has 1 amide bonds. The number of halogens is 2.